The second-order valence-corrected chi connectivity index (χ2v) is 9.33. The largest absolute Gasteiger partial charge is 0.386 e. The maximum atomic E-state index is 6.21. The van der Waals surface area contributed by atoms with Gasteiger partial charge in [0.1, 0.15) is 0 Å². The Balaban J connectivity index is 1.58. The smallest absolute Gasteiger partial charge is 0.0946 e. The number of piperazine rings is 2. The van der Waals surface area contributed by atoms with Gasteiger partial charge in [0.15, 0.2) is 0 Å². The molecule has 0 aliphatic carbocycles. The van der Waals surface area contributed by atoms with Crippen molar-refractivity contribution in [3.63, 3.8) is 0 Å². The van der Waals surface area contributed by atoms with Gasteiger partial charge < -0.3 is 20.4 Å². The molecule has 1 aromatic rings. The van der Waals surface area contributed by atoms with Crippen LogP contribution in [0.15, 0.2) is 48.4 Å². The van der Waals surface area contributed by atoms with Gasteiger partial charge >= 0.3 is 0 Å². The van der Waals surface area contributed by atoms with E-state index in [9.17, 15) is 0 Å². The average molecular weight is 452 g/mol. The fourth-order valence-corrected chi connectivity index (χ4v) is 5.01. The summed E-state index contributed by atoms with van der Waals surface area (Å²) >= 11 is 0. The summed E-state index contributed by atoms with van der Waals surface area (Å²) in [5, 5.41) is 0. The van der Waals surface area contributed by atoms with E-state index in [-0.39, 0.29) is 0 Å². The minimum Gasteiger partial charge on any atom is -0.386 e. The van der Waals surface area contributed by atoms with Crippen LogP contribution in [0.3, 0.4) is 0 Å². The van der Waals surface area contributed by atoms with Crippen LogP contribution in [-0.2, 0) is 6.54 Å². The molecule has 182 valence electrons. The molecule has 1 aromatic carbocycles. The summed E-state index contributed by atoms with van der Waals surface area (Å²) in [6.07, 6.45) is 7.74. The second-order valence-electron chi connectivity index (χ2n) is 9.33. The molecule has 33 heavy (non-hydrogen) atoms. The lowest BCUT2D eigenvalue weighted by Crippen LogP contribution is -2.46. The molecule has 2 aliphatic heterocycles. The highest BCUT2D eigenvalue weighted by Crippen LogP contribution is 2.25. The Morgan fingerprint density at radius 1 is 0.879 bits per heavy atom. The van der Waals surface area contributed by atoms with Gasteiger partial charge in [-0.1, -0.05) is 45.6 Å². The fourth-order valence-electron chi connectivity index (χ4n) is 5.01. The first kappa shape index (κ1) is 25.2. The highest BCUT2D eigenvalue weighted by Gasteiger charge is 2.21. The first-order valence-electron chi connectivity index (χ1n) is 12.9. The topological polar surface area (TPSA) is 39.0 Å². The molecule has 0 radical (unpaired) electrons. The first-order chi connectivity index (χ1) is 16.0. The van der Waals surface area contributed by atoms with Gasteiger partial charge in [0, 0.05) is 75.9 Å². The van der Waals surface area contributed by atoms with E-state index in [4.69, 9.17) is 5.73 Å². The van der Waals surface area contributed by atoms with Crippen molar-refractivity contribution in [1.29, 1.82) is 0 Å². The van der Waals surface area contributed by atoms with E-state index in [0.717, 1.165) is 89.7 Å². The quantitative estimate of drug-likeness (QED) is 0.593. The number of nitrogens with two attached hydrogens (primary N) is 1. The van der Waals surface area contributed by atoms with E-state index >= 15 is 0 Å². The van der Waals surface area contributed by atoms with Gasteiger partial charge in [-0.15, -0.1) is 0 Å². The van der Waals surface area contributed by atoms with Crippen molar-refractivity contribution in [3.05, 3.63) is 65.1 Å². The number of aryl methyl sites for hydroxylation is 1. The standard InChI is InChI=1S/C28H45N5/c1-6-9-26(8-3)32-15-13-30(14-16-32)22-25-12-11-23(4)27(21-25)24(5)31-17-19-33(20-18-31)28(29)10-7-2/h9-12,21H,5-8,13-20,22,29H2,1-4H3/b26-9+,28-10+. The molecule has 2 saturated heterocycles. The highest BCUT2D eigenvalue weighted by molar-refractivity contribution is 5.65. The molecule has 0 spiro atoms. The van der Waals surface area contributed by atoms with Crippen LogP contribution < -0.4 is 5.73 Å². The van der Waals surface area contributed by atoms with E-state index in [0.29, 0.717) is 0 Å². The number of rotatable bonds is 9. The average Bonchev–Trinajstić information content (AvgIpc) is 2.84. The van der Waals surface area contributed by atoms with Crippen LogP contribution in [0.4, 0.5) is 0 Å². The molecular formula is C28H45N5. The number of hydrogen-bond acceptors (Lipinski definition) is 5. The molecule has 5 nitrogen and oxygen atoms in total. The van der Waals surface area contributed by atoms with Gasteiger partial charge in [0.05, 0.1) is 5.82 Å². The molecule has 0 aromatic heterocycles. The van der Waals surface area contributed by atoms with Gasteiger partial charge in [0.25, 0.3) is 0 Å². The minimum absolute atomic E-state index is 0.914. The maximum absolute atomic E-state index is 6.21. The predicted octanol–water partition coefficient (Wildman–Crippen LogP) is 4.61. The van der Waals surface area contributed by atoms with E-state index in [1.54, 1.807) is 0 Å². The lowest BCUT2D eigenvalue weighted by molar-refractivity contribution is 0.150. The van der Waals surface area contributed by atoms with E-state index in [2.05, 4.69) is 84.2 Å². The van der Waals surface area contributed by atoms with Crippen LogP contribution in [0, 0.1) is 6.92 Å². The Morgan fingerprint density at radius 2 is 1.48 bits per heavy atom. The van der Waals surface area contributed by atoms with Gasteiger partial charge in [-0.25, -0.2) is 0 Å². The zero-order valence-corrected chi connectivity index (χ0v) is 21.4. The summed E-state index contributed by atoms with van der Waals surface area (Å²) < 4.78 is 0. The van der Waals surface area contributed by atoms with E-state index in [1.807, 2.05) is 0 Å². The number of hydrogen-bond donors (Lipinski definition) is 1. The molecular weight excluding hydrogens is 406 g/mol. The fraction of sp³-hybridized carbons (Fsp3) is 0.571. The van der Waals surface area contributed by atoms with Gasteiger partial charge in [-0.05, 0) is 49.5 Å². The molecule has 2 aliphatic rings. The van der Waals surface area contributed by atoms with Crippen molar-refractivity contribution >= 4 is 5.70 Å². The van der Waals surface area contributed by atoms with Crippen molar-refractivity contribution in [1.82, 2.24) is 19.6 Å². The lowest BCUT2D eigenvalue weighted by Gasteiger charge is -2.39. The molecule has 2 N–H and O–H groups in total. The molecule has 5 heteroatoms. The molecule has 2 heterocycles. The zero-order chi connectivity index (χ0) is 23.8. The van der Waals surface area contributed by atoms with Crippen LogP contribution in [0.25, 0.3) is 5.70 Å². The predicted molar refractivity (Wildman–Crippen MR) is 141 cm³/mol. The Morgan fingerprint density at radius 3 is 2.09 bits per heavy atom. The summed E-state index contributed by atoms with van der Waals surface area (Å²) in [6, 6.07) is 6.93. The van der Waals surface area contributed by atoms with Crippen LogP contribution in [0.1, 0.15) is 56.7 Å². The molecule has 3 rings (SSSR count). The highest BCUT2D eigenvalue weighted by atomic mass is 15.3. The second kappa shape index (κ2) is 12.2. The Labute approximate surface area is 202 Å². The summed E-state index contributed by atoms with van der Waals surface area (Å²) in [4.78, 5) is 9.88. The summed E-state index contributed by atoms with van der Waals surface area (Å²) in [7, 11) is 0. The molecule has 0 saturated carbocycles. The van der Waals surface area contributed by atoms with Crippen molar-refractivity contribution in [2.45, 2.75) is 53.5 Å². The van der Waals surface area contributed by atoms with Gasteiger partial charge in [-0.3, -0.25) is 4.90 Å². The maximum Gasteiger partial charge on any atom is 0.0946 e. The van der Waals surface area contributed by atoms with Crippen molar-refractivity contribution in [2.24, 2.45) is 5.73 Å². The lowest BCUT2D eigenvalue weighted by atomic mass is 10.0. The third kappa shape index (κ3) is 6.57. The Hall–Kier alpha value is -2.40. The van der Waals surface area contributed by atoms with Crippen molar-refractivity contribution in [3.8, 4) is 0 Å². The third-order valence-corrected chi connectivity index (χ3v) is 7.04. The molecule has 0 atom stereocenters. The van der Waals surface area contributed by atoms with Crippen molar-refractivity contribution < 1.29 is 0 Å². The van der Waals surface area contributed by atoms with Crippen LogP contribution in [0.5, 0.6) is 0 Å². The normalized spacial score (nSPS) is 18.7. The third-order valence-electron chi connectivity index (χ3n) is 7.04. The summed E-state index contributed by atoms with van der Waals surface area (Å²) in [6.45, 7) is 22.7. The Kier molecular flexibility index (Phi) is 9.30. The van der Waals surface area contributed by atoms with Crippen LogP contribution in [0.2, 0.25) is 0 Å². The monoisotopic (exact) mass is 451 g/mol. The summed E-state index contributed by atoms with van der Waals surface area (Å²) in [5.74, 6) is 0.914. The van der Waals surface area contributed by atoms with E-state index in [1.165, 1.54) is 22.4 Å². The molecule has 0 unspecified atom stereocenters. The summed E-state index contributed by atoms with van der Waals surface area (Å²) in [5.41, 5.74) is 12.8. The number of nitrogens with zero attached hydrogens (tertiary/aromatic N) is 4. The SMILES string of the molecule is C=C(c1cc(CN2CCN(/C(=C/CC)CC)CC2)ccc1C)N1CCN(/C(N)=C/CC)CC1. The van der Waals surface area contributed by atoms with E-state index < -0.39 is 0 Å². The molecule has 0 bridgehead atoms. The zero-order valence-electron chi connectivity index (χ0n) is 21.4. The Bertz CT molecular complexity index is 840. The van der Waals surface area contributed by atoms with Gasteiger partial charge in [0.2, 0.25) is 0 Å². The number of benzene rings is 1. The molecule has 2 fully saturated rings. The van der Waals surface area contributed by atoms with Crippen molar-refractivity contribution in [2.75, 3.05) is 52.4 Å². The van der Waals surface area contributed by atoms with Gasteiger partial charge in [-0.2, -0.15) is 0 Å². The molecule has 0 amide bonds. The first-order valence-corrected chi connectivity index (χ1v) is 12.9. The number of allylic oxidation sites excluding steroid dienone is 3. The van der Waals surface area contributed by atoms with Crippen LogP contribution >= 0.6 is 0 Å². The van der Waals surface area contributed by atoms with Crippen LogP contribution in [-0.4, -0.2) is 72.0 Å². The minimum atomic E-state index is 0.914.